The van der Waals surface area contributed by atoms with E-state index in [0.717, 1.165) is 16.7 Å². The Kier molecular flexibility index (Phi) is 9.52. The van der Waals surface area contributed by atoms with Crippen LogP contribution in [-0.4, -0.2) is 32.6 Å². The quantitative estimate of drug-likeness (QED) is 0.279. The molecule has 3 aromatic carbocycles. The molecule has 202 valence electrons. The molecule has 1 unspecified atom stereocenters. The molecule has 0 fully saturated rings. The number of esters is 1. The van der Waals surface area contributed by atoms with Gasteiger partial charge < -0.3 is 19.0 Å². The van der Waals surface area contributed by atoms with E-state index < -0.39 is 33.7 Å². The molecule has 0 spiro atoms. The van der Waals surface area contributed by atoms with Gasteiger partial charge in [0.2, 0.25) is 0 Å². The highest BCUT2D eigenvalue weighted by atomic mass is 32.2. The van der Waals surface area contributed by atoms with Crippen molar-refractivity contribution in [3.63, 3.8) is 0 Å². The summed E-state index contributed by atoms with van der Waals surface area (Å²) in [5.74, 6) is -1.04. The van der Waals surface area contributed by atoms with Gasteiger partial charge in [0, 0.05) is 6.54 Å². The molecule has 0 saturated heterocycles. The van der Waals surface area contributed by atoms with Crippen LogP contribution in [0.2, 0.25) is 0 Å². The average Bonchev–Trinajstić information content (AvgIpc) is 2.86. The van der Waals surface area contributed by atoms with Gasteiger partial charge in [-0.2, -0.15) is 8.42 Å². The van der Waals surface area contributed by atoms with Gasteiger partial charge in [-0.1, -0.05) is 60.2 Å². The van der Waals surface area contributed by atoms with E-state index in [1.165, 1.54) is 24.3 Å². The molecule has 0 saturated carbocycles. The van der Waals surface area contributed by atoms with Crippen molar-refractivity contribution in [2.75, 3.05) is 6.54 Å². The molecular weight excluding hydrogens is 506 g/mol. The maximum absolute atomic E-state index is 12.9. The Hall–Kier alpha value is -3.85. The van der Waals surface area contributed by atoms with Crippen LogP contribution in [0.5, 0.6) is 5.75 Å². The molecule has 3 aromatic rings. The van der Waals surface area contributed by atoms with E-state index in [2.05, 4.69) is 5.32 Å². The highest BCUT2D eigenvalue weighted by Crippen LogP contribution is 2.21. The minimum Gasteiger partial charge on any atom is -0.461 e. The lowest BCUT2D eigenvalue weighted by atomic mass is 9.99. The van der Waals surface area contributed by atoms with Crippen molar-refractivity contribution >= 4 is 22.2 Å². The summed E-state index contributed by atoms with van der Waals surface area (Å²) < 4.78 is 41.2. The summed E-state index contributed by atoms with van der Waals surface area (Å²) in [6.07, 6.45) is -0.391. The number of amides is 1. The number of benzene rings is 3. The summed E-state index contributed by atoms with van der Waals surface area (Å²) in [7, 11) is -3.98. The molecule has 0 bridgehead atoms. The van der Waals surface area contributed by atoms with E-state index in [9.17, 15) is 18.0 Å². The van der Waals surface area contributed by atoms with Gasteiger partial charge in [0.15, 0.2) is 0 Å². The molecule has 0 aliphatic carbocycles. The standard InChI is InChI=1S/C29H33NO7S/c1-21-10-16-26(17-11-21)38(33,34)37-25-14-12-22(13-15-25)18-24(19-30-28(32)36-29(2,3)4)27(31)35-20-23-8-6-5-7-9-23/h5-17,24H,18-20H2,1-4H3,(H,30,32). The van der Waals surface area contributed by atoms with E-state index in [4.69, 9.17) is 13.7 Å². The molecular formula is C29H33NO7S. The van der Waals surface area contributed by atoms with Crippen LogP contribution in [0.15, 0.2) is 83.8 Å². The second-order valence-electron chi connectivity index (χ2n) is 9.87. The van der Waals surface area contributed by atoms with Gasteiger partial charge in [0.05, 0.1) is 5.92 Å². The van der Waals surface area contributed by atoms with Crippen LogP contribution in [0.1, 0.15) is 37.5 Å². The first-order valence-corrected chi connectivity index (χ1v) is 13.6. The van der Waals surface area contributed by atoms with Crippen molar-refractivity contribution in [3.05, 3.63) is 95.6 Å². The fourth-order valence-corrected chi connectivity index (χ4v) is 4.38. The predicted octanol–water partition coefficient (Wildman–Crippen LogP) is 5.19. The number of aryl methyl sites for hydroxylation is 1. The van der Waals surface area contributed by atoms with Gasteiger partial charge >= 0.3 is 22.2 Å². The van der Waals surface area contributed by atoms with E-state index in [1.54, 1.807) is 45.0 Å². The zero-order valence-corrected chi connectivity index (χ0v) is 22.8. The Labute approximate surface area is 224 Å². The minimum absolute atomic E-state index is 0.00257. The van der Waals surface area contributed by atoms with Crippen LogP contribution in [0.4, 0.5) is 4.79 Å². The van der Waals surface area contributed by atoms with Crippen LogP contribution in [0.25, 0.3) is 0 Å². The normalized spacial score (nSPS) is 12.3. The smallest absolute Gasteiger partial charge is 0.407 e. The Bertz CT molecular complexity index is 1310. The second kappa shape index (κ2) is 12.6. The van der Waals surface area contributed by atoms with Crippen LogP contribution in [0.3, 0.4) is 0 Å². The predicted molar refractivity (Wildman–Crippen MR) is 143 cm³/mol. The molecule has 0 radical (unpaired) electrons. The lowest BCUT2D eigenvalue weighted by Crippen LogP contribution is -2.38. The van der Waals surface area contributed by atoms with Crippen LogP contribution in [-0.2, 0) is 37.4 Å². The number of carbonyl (C=O) groups excluding carboxylic acids is 2. The Morgan fingerprint density at radius 3 is 2.11 bits per heavy atom. The number of hydrogen-bond acceptors (Lipinski definition) is 7. The topological polar surface area (TPSA) is 108 Å². The number of rotatable bonds is 10. The van der Waals surface area contributed by atoms with Gasteiger partial charge in [-0.3, -0.25) is 4.79 Å². The third kappa shape index (κ3) is 9.23. The molecule has 38 heavy (non-hydrogen) atoms. The molecule has 1 atom stereocenters. The lowest BCUT2D eigenvalue weighted by molar-refractivity contribution is -0.149. The molecule has 9 heteroatoms. The van der Waals surface area contributed by atoms with Crippen molar-refractivity contribution in [1.82, 2.24) is 5.32 Å². The lowest BCUT2D eigenvalue weighted by Gasteiger charge is -2.21. The third-order valence-corrected chi connectivity index (χ3v) is 6.63. The van der Waals surface area contributed by atoms with Crippen molar-refractivity contribution in [3.8, 4) is 5.75 Å². The number of carbonyl (C=O) groups is 2. The largest absolute Gasteiger partial charge is 0.461 e. The van der Waals surface area contributed by atoms with E-state index in [1.807, 2.05) is 37.3 Å². The van der Waals surface area contributed by atoms with Gasteiger partial charge in [-0.05, 0) is 69.5 Å². The molecule has 8 nitrogen and oxygen atoms in total. The number of nitrogens with one attached hydrogen (secondary N) is 1. The van der Waals surface area contributed by atoms with Gasteiger partial charge in [0.25, 0.3) is 0 Å². The highest BCUT2D eigenvalue weighted by molar-refractivity contribution is 7.87. The Morgan fingerprint density at radius 2 is 1.50 bits per heavy atom. The van der Waals surface area contributed by atoms with Crippen LogP contribution >= 0.6 is 0 Å². The number of hydrogen-bond donors (Lipinski definition) is 1. The maximum Gasteiger partial charge on any atom is 0.407 e. The fraction of sp³-hybridized carbons (Fsp3) is 0.310. The molecule has 0 heterocycles. The van der Waals surface area contributed by atoms with Crippen molar-refractivity contribution in [2.24, 2.45) is 5.92 Å². The van der Waals surface area contributed by atoms with Gasteiger partial charge in [-0.15, -0.1) is 0 Å². The van der Waals surface area contributed by atoms with Gasteiger partial charge in [-0.25, -0.2) is 4.79 Å². The second-order valence-corrected chi connectivity index (χ2v) is 11.4. The molecule has 0 aliphatic heterocycles. The molecule has 0 aromatic heterocycles. The monoisotopic (exact) mass is 539 g/mol. The van der Waals surface area contributed by atoms with Gasteiger partial charge in [0.1, 0.15) is 22.9 Å². The van der Waals surface area contributed by atoms with E-state index in [-0.39, 0.29) is 30.2 Å². The summed E-state index contributed by atoms with van der Waals surface area (Å²) in [4.78, 5) is 25.2. The number of ether oxygens (including phenoxy) is 2. The van der Waals surface area contributed by atoms with Crippen molar-refractivity contribution in [1.29, 1.82) is 0 Å². The highest BCUT2D eigenvalue weighted by Gasteiger charge is 2.24. The van der Waals surface area contributed by atoms with Crippen molar-refractivity contribution < 1.29 is 31.7 Å². The molecule has 1 N–H and O–H groups in total. The van der Waals surface area contributed by atoms with Crippen LogP contribution in [0, 0.1) is 12.8 Å². The first-order chi connectivity index (χ1) is 17.9. The summed E-state index contributed by atoms with van der Waals surface area (Å²) in [5, 5.41) is 2.64. The average molecular weight is 540 g/mol. The molecule has 0 aliphatic rings. The van der Waals surface area contributed by atoms with E-state index >= 15 is 0 Å². The molecule has 3 rings (SSSR count). The summed E-state index contributed by atoms with van der Waals surface area (Å²) in [5.41, 5.74) is 1.84. The first-order valence-electron chi connectivity index (χ1n) is 12.2. The minimum atomic E-state index is -3.98. The maximum atomic E-state index is 12.9. The first kappa shape index (κ1) is 28.7. The number of alkyl carbamates (subject to hydrolysis) is 1. The fourth-order valence-electron chi connectivity index (χ4n) is 3.45. The van der Waals surface area contributed by atoms with Crippen LogP contribution < -0.4 is 9.50 Å². The molecule has 1 amide bonds. The summed E-state index contributed by atoms with van der Waals surface area (Å²) >= 11 is 0. The summed E-state index contributed by atoms with van der Waals surface area (Å²) in [6.45, 7) is 7.22. The summed E-state index contributed by atoms with van der Waals surface area (Å²) in [6, 6.07) is 22.0. The SMILES string of the molecule is Cc1ccc(S(=O)(=O)Oc2ccc(CC(CNC(=O)OC(C)(C)C)C(=O)OCc3ccccc3)cc2)cc1. The van der Waals surface area contributed by atoms with E-state index in [0.29, 0.717) is 0 Å². The Balaban J connectivity index is 1.68. The van der Waals surface area contributed by atoms with Crippen molar-refractivity contribution in [2.45, 2.75) is 51.2 Å². The Morgan fingerprint density at radius 1 is 0.868 bits per heavy atom. The third-order valence-electron chi connectivity index (χ3n) is 5.37. The zero-order valence-electron chi connectivity index (χ0n) is 22.0. The zero-order chi connectivity index (χ0) is 27.8.